The number of nitrogens with zero attached hydrogens (tertiary/aromatic N) is 1. The van der Waals surface area contributed by atoms with Crippen molar-refractivity contribution in [1.29, 1.82) is 0 Å². The summed E-state index contributed by atoms with van der Waals surface area (Å²) in [5, 5.41) is 19.8. The maximum Gasteiger partial charge on any atom is 0.416 e. The number of nitrogens with one attached hydrogen (secondary N) is 2. The SMILES string of the molecule is CC(C)CNCc1c(C(=O)N[C@H]2CC[C@H](O)CC2)noc1-c1ccc(C(F)(F)F)cc1. The van der Waals surface area contributed by atoms with Crippen molar-refractivity contribution in [3.8, 4) is 11.3 Å². The van der Waals surface area contributed by atoms with Gasteiger partial charge in [0.05, 0.1) is 11.7 Å². The molecule has 0 atom stereocenters. The van der Waals surface area contributed by atoms with Gasteiger partial charge in [-0.05, 0) is 50.3 Å². The fraction of sp³-hybridized carbons (Fsp3) is 0.545. The lowest BCUT2D eigenvalue weighted by Crippen LogP contribution is -2.39. The number of amides is 1. The van der Waals surface area contributed by atoms with Crippen molar-refractivity contribution in [3.05, 3.63) is 41.1 Å². The molecule has 1 aromatic heterocycles. The Hall–Kier alpha value is -2.39. The highest BCUT2D eigenvalue weighted by molar-refractivity contribution is 5.95. The Bertz CT molecular complexity index is 870. The summed E-state index contributed by atoms with van der Waals surface area (Å²) in [6.07, 6.45) is -2.15. The second-order valence-corrected chi connectivity index (χ2v) is 8.42. The molecular formula is C22H28F3N3O3. The molecule has 2 aromatic rings. The van der Waals surface area contributed by atoms with Crippen molar-refractivity contribution in [2.24, 2.45) is 5.92 Å². The molecule has 0 spiro atoms. The Morgan fingerprint density at radius 1 is 1.19 bits per heavy atom. The van der Waals surface area contributed by atoms with Gasteiger partial charge in [-0.2, -0.15) is 13.2 Å². The molecule has 1 amide bonds. The largest absolute Gasteiger partial charge is 0.416 e. The van der Waals surface area contributed by atoms with E-state index in [-0.39, 0.29) is 29.5 Å². The van der Waals surface area contributed by atoms with E-state index < -0.39 is 11.7 Å². The molecule has 1 aliphatic carbocycles. The van der Waals surface area contributed by atoms with Gasteiger partial charge in [0.2, 0.25) is 0 Å². The summed E-state index contributed by atoms with van der Waals surface area (Å²) in [5.74, 6) is 0.263. The Labute approximate surface area is 179 Å². The van der Waals surface area contributed by atoms with Gasteiger partial charge in [-0.3, -0.25) is 4.79 Å². The van der Waals surface area contributed by atoms with Gasteiger partial charge in [0.15, 0.2) is 11.5 Å². The Balaban J connectivity index is 1.83. The maximum atomic E-state index is 12.9. The van der Waals surface area contributed by atoms with Crippen LogP contribution in [0, 0.1) is 5.92 Å². The molecule has 0 aliphatic heterocycles. The lowest BCUT2D eigenvalue weighted by Gasteiger charge is -2.25. The Morgan fingerprint density at radius 2 is 1.84 bits per heavy atom. The lowest BCUT2D eigenvalue weighted by atomic mass is 9.93. The molecule has 31 heavy (non-hydrogen) atoms. The van der Waals surface area contributed by atoms with Crippen LogP contribution in [0.15, 0.2) is 28.8 Å². The molecule has 6 nitrogen and oxygen atoms in total. The van der Waals surface area contributed by atoms with E-state index in [1.165, 1.54) is 12.1 Å². The number of carbonyl (C=O) groups excluding carboxylic acids is 1. The summed E-state index contributed by atoms with van der Waals surface area (Å²) in [7, 11) is 0. The molecule has 3 rings (SSSR count). The first-order valence-corrected chi connectivity index (χ1v) is 10.5. The van der Waals surface area contributed by atoms with Crippen molar-refractivity contribution >= 4 is 5.91 Å². The van der Waals surface area contributed by atoms with Crippen LogP contribution in [0.4, 0.5) is 13.2 Å². The van der Waals surface area contributed by atoms with Crippen molar-refractivity contribution in [2.75, 3.05) is 6.54 Å². The third-order valence-electron chi connectivity index (χ3n) is 5.36. The average molecular weight is 439 g/mol. The lowest BCUT2D eigenvalue weighted by molar-refractivity contribution is -0.137. The van der Waals surface area contributed by atoms with Crippen LogP contribution in [-0.4, -0.2) is 34.9 Å². The molecule has 1 heterocycles. The minimum atomic E-state index is -4.43. The molecule has 3 N–H and O–H groups in total. The fourth-order valence-electron chi connectivity index (χ4n) is 3.65. The first-order valence-electron chi connectivity index (χ1n) is 10.5. The van der Waals surface area contributed by atoms with Gasteiger partial charge < -0.3 is 20.3 Å². The third kappa shape index (κ3) is 6.07. The Kier molecular flexibility index (Phi) is 7.38. The number of benzene rings is 1. The second kappa shape index (κ2) is 9.82. The summed E-state index contributed by atoms with van der Waals surface area (Å²) >= 11 is 0. The first-order chi connectivity index (χ1) is 14.6. The summed E-state index contributed by atoms with van der Waals surface area (Å²) in [6, 6.07) is 4.55. The maximum absolute atomic E-state index is 12.9. The minimum Gasteiger partial charge on any atom is -0.393 e. The van der Waals surface area contributed by atoms with Crippen molar-refractivity contribution in [1.82, 2.24) is 15.8 Å². The fourth-order valence-corrected chi connectivity index (χ4v) is 3.65. The van der Waals surface area contributed by atoms with Crippen LogP contribution >= 0.6 is 0 Å². The minimum absolute atomic E-state index is 0.0569. The van der Waals surface area contributed by atoms with E-state index in [0.717, 1.165) is 12.1 Å². The van der Waals surface area contributed by atoms with Gasteiger partial charge in [0.1, 0.15) is 0 Å². The van der Waals surface area contributed by atoms with Crippen LogP contribution in [0.2, 0.25) is 0 Å². The van der Waals surface area contributed by atoms with Crippen LogP contribution < -0.4 is 10.6 Å². The van der Waals surface area contributed by atoms with E-state index in [1.807, 2.05) is 13.8 Å². The zero-order chi connectivity index (χ0) is 22.6. The number of aliphatic hydroxyl groups is 1. The van der Waals surface area contributed by atoms with Gasteiger partial charge in [-0.15, -0.1) is 0 Å². The van der Waals surface area contributed by atoms with Gasteiger partial charge in [0, 0.05) is 23.7 Å². The number of halogens is 3. The number of hydrogen-bond acceptors (Lipinski definition) is 5. The molecule has 9 heteroatoms. The topological polar surface area (TPSA) is 87.4 Å². The van der Waals surface area contributed by atoms with Crippen LogP contribution in [0.1, 0.15) is 61.1 Å². The van der Waals surface area contributed by atoms with E-state index in [0.29, 0.717) is 55.8 Å². The van der Waals surface area contributed by atoms with E-state index in [9.17, 15) is 23.1 Å². The van der Waals surface area contributed by atoms with E-state index in [1.54, 1.807) is 0 Å². The normalized spacial score (nSPS) is 19.6. The zero-order valence-electron chi connectivity index (χ0n) is 17.6. The highest BCUT2D eigenvalue weighted by Gasteiger charge is 2.31. The van der Waals surface area contributed by atoms with Crippen molar-refractivity contribution in [2.45, 2.75) is 64.4 Å². The smallest absolute Gasteiger partial charge is 0.393 e. The second-order valence-electron chi connectivity index (χ2n) is 8.42. The molecule has 1 aromatic carbocycles. The molecule has 1 aliphatic rings. The van der Waals surface area contributed by atoms with E-state index in [2.05, 4.69) is 15.8 Å². The molecule has 0 saturated heterocycles. The molecule has 170 valence electrons. The van der Waals surface area contributed by atoms with Gasteiger partial charge >= 0.3 is 6.18 Å². The number of alkyl halides is 3. The number of carbonyl (C=O) groups is 1. The van der Waals surface area contributed by atoms with Crippen LogP contribution in [-0.2, 0) is 12.7 Å². The highest BCUT2D eigenvalue weighted by atomic mass is 19.4. The predicted molar refractivity (Wildman–Crippen MR) is 109 cm³/mol. The first kappa shape index (κ1) is 23.3. The molecular weight excluding hydrogens is 411 g/mol. The monoisotopic (exact) mass is 439 g/mol. The molecule has 0 radical (unpaired) electrons. The van der Waals surface area contributed by atoms with Crippen molar-refractivity contribution in [3.63, 3.8) is 0 Å². The summed E-state index contributed by atoms with van der Waals surface area (Å²) in [5.41, 5.74) is 0.292. The summed E-state index contributed by atoms with van der Waals surface area (Å²) in [4.78, 5) is 12.9. The quantitative estimate of drug-likeness (QED) is 0.604. The van der Waals surface area contributed by atoms with Crippen LogP contribution in [0.5, 0.6) is 0 Å². The van der Waals surface area contributed by atoms with Crippen LogP contribution in [0.25, 0.3) is 11.3 Å². The number of aromatic nitrogens is 1. The predicted octanol–water partition coefficient (Wildman–Crippen LogP) is 4.14. The summed E-state index contributed by atoms with van der Waals surface area (Å²) in [6.45, 7) is 5.08. The average Bonchev–Trinajstić information content (AvgIpc) is 3.13. The highest BCUT2D eigenvalue weighted by Crippen LogP contribution is 2.33. The van der Waals surface area contributed by atoms with Gasteiger partial charge in [0.25, 0.3) is 5.91 Å². The number of aliphatic hydroxyl groups excluding tert-OH is 1. The number of rotatable bonds is 7. The van der Waals surface area contributed by atoms with Gasteiger partial charge in [-0.1, -0.05) is 31.1 Å². The molecule has 0 bridgehead atoms. The molecule has 1 fully saturated rings. The number of hydrogen-bond donors (Lipinski definition) is 3. The van der Waals surface area contributed by atoms with Crippen LogP contribution in [0.3, 0.4) is 0 Å². The van der Waals surface area contributed by atoms with E-state index in [4.69, 9.17) is 4.52 Å². The summed E-state index contributed by atoms with van der Waals surface area (Å²) < 4.78 is 44.1. The molecule has 1 saturated carbocycles. The third-order valence-corrected chi connectivity index (χ3v) is 5.36. The zero-order valence-corrected chi connectivity index (χ0v) is 17.6. The standard InChI is InChI=1S/C22H28F3N3O3/c1-13(2)11-26-12-18-19(21(30)27-16-7-9-17(29)10-8-16)28-31-20(18)14-3-5-15(6-4-14)22(23,24)25/h3-6,13,16-17,26,29H,7-12H2,1-2H3,(H,27,30)/t16-,17-. The van der Waals surface area contributed by atoms with Gasteiger partial charge in [-0.25, -0.2) is 0 Å². The molecule has 0 unspecified atom stereocenters. The van der Waals surface area contributed by atoms with E-state index >= 15 is 0 Å². The van der Waals surface area contributed by atoms with Crippen molar-refractivity contribution < 1.29 is 27.6 Å². The Morgan fingerprint density at radius 3 is 2.42 bits per heavy atom.